The summed E-state index contributed by atoms with van der Waals surface area (Å²) < 4.78 is 62.5. The van der Waals surface area contributed by atoms with E-state index in [0.717, 1.165) is 57.5 Å². The number of likely N-dealkylation sites (tertiary alicyclic amines) is 1. The van der Waals surface area contributed by atoms with Gasteiger partial charge in [0.05, 0.1) is 29.6 Å². The summed E-state index contributed by atoms with van der Waals surface area (Å²) in [6.45, 7) is 5.31. The second-order valence-corrected chi connectivity index (χ2v) is 12.1. The number of ether oxygens (including phenoxy) is 1. The van der Waals surface area contributed by atoms with Crippen molar-refractivity contribution in [1.82, 2.24) is 20.2 Å². The van der Waals surface area contributed by atoms with Crippen LogP contribution in [0.25, 0.3) is 0 Å². The zero-order valence-electron chi connectivity index (χ0n) is 25.2. The molecule has 2 N–H and O–H groups in total. The summed E-state index contributed by atoms with van der Waals surface area (Å²) in [6, 6.07) is 2.24. The first kappa shape index (κ1) is 35.2. The number of anilines is 2. The fourth-order valence-electron chi connectivity index (χ4n) is 5.96. The molecule has 1 aliphatic heterocycles. The minimum Gasteiger partial charge on any atom is -0.495 e. The van der Waals surface area contributed by atoms with Crippen LogP contribution in [0.4, 0.5) is 29.2 Å². The molecule has 244 valence electrons. The van der Waals surface area contributed by atoms with Crippen molar-refractivity contribution < 1.29 is 31.9 Å². The summed E-state index contributed by atoms with van der Waals surface area (Å²) >= 11 is 0. The van der Waals surface area contributed by atoms with Crippen LogP contribution in [0.1, 0.15) is 87.8 Å². The van der Waals surface area contributed by atoms with E-state index in [2.05, 4.69) is 25.5 Å². The van der Waals surface area contributed by atoms with Gasteiger partial charge in [0, 0.05) is 30.6 Å². The molecule has 2 fully saturated rings. The highest BCUT2D eigenvalue weighted by Crippen LogP contribution is 2.39. The van der Waals surface area contributed by atoms with Crippen LogP contribution in [0.15, 0.2) is 18.3 Å². The van der Waals surface area contributed by atoms with E-state index in [0.29, 0.717) is 12.8 Å². The lowest BCUT2D eigenvalue weighted by Gasteiger charge is -2.32. The zero-order chi connectivity index (χ0) is 31.3. The standard InChI is InChI=1S/C31H41F4N5O3.CH4/c1-18(2)27(41)14-20-8-6-5-7-19(20)13-25-23(31(33,34)35)17-36-30(38-25)39-26-16-24(32)22(15-28(26)43-4)29(42)37-21-9-11-40(3)12-10-21;/h15-21H,5-14H2,1-4H3,(H,37,42)(H,36,38,39);1H4/t19-,20-;/m0./s1. The Hall–Kier alpha value is -3.28. The molecule has 8 nitrogen and oxygen atoms in total. The quantitative estimate of drug-likeness (QED) is 0.281. The van der Waals surface area contributed by atoms with E-state index in [1.54, 1.807) is 0 Å². The van der Waals surface area contributed by atoms with Crippen molar-refractivity contribution in [3.63, 3.8) is 0 Å². The maximum atomic E-state index is 15.2. The highest BCUT2D eigenvalue weighted by atomic mass is 19.4. The molecule has 2 heterocycles. The first-order valence-corrected chi connectivity index (χ1v) is 15.0. The lowest BCUT2D eigenvalue weighted by atomic mass is 9.73. The Balaban J connectivity index is 0.00000529. The molecule has 0 radical (unpaired) electrons. The van der Waals surface area contributed by atoms with Gasteiger partial charge in [0.2, 0.25) is 5.95 Å². The molecule has 1 aromatic heterocycles. The Bertz CT molecular complexity index is 1300. The molecule has 44 heavy (non-hydrogen) atoms. The van der Waals surface area contributed by atoms with Crippen LogP contribution in [-0.2, 0) is 17.4 Å². The largest absolute Gasteiger partial charge is 0.495 e. The molecule has 2 atom stereocenters. The van der Waals surface area contributed by atoms with Gasteiger partial charge in [-0.2, -0.15) is 13.2 Å². The van der Waals surface area contributed by atoms with Crippen LogP contribution >= 0.6 is 0 Å². The molecular weight excluding hydrogens is 578 g/mol. The monoisotopic (exact) mass is 623 g/mol. The predicted octanol–water partition coefficient (Wildman–Crippen LogP) is 6.81. The third kappa shape index (κ3) is 8.89. The molecule has 1 aromatic carbocycles. The molecule has 12 heteroatoms. The average Bonchev–Trinajstić information content (AvgIpc) is 2.95. The number of Topliss-reactive ketones (excluding diaryl/α,β-unsaturated/α-hetero) is 1. The number of benzene rings is 1. The third-order valence-electron chi connectivity index (χ3n) is 8.64. The number of methoxy groups -OCH3 is 1. The molecule has 2 aliphatic rings. The van der Waals surface area contributed by atoms with Crippen LogP contribution in [0.5, 0.6) is 5.75 Å². The van der Waals surface area contributed by atoms with Crippen LogP contribution in [0.3, 0.4) is 0 Å². The van der Waals surface area contributed by atoms with Gasteiger partial charge >= 0.3 is 6.18 Å². The second kappa shape index (κ2) is 15.1. The number of amides is 1. The smallest absolute Gasteiger partial charge is 0.419 e. The van der Waals surface area contributed by atoms with Gasteiger partial charge in [0.15, 0.2) is 0 Å². The maximum absolute atomic E-state index is 15.2. The SMILES string of the molecule is C.COc1cc(C(=O)NC2CCN(C)CC2)c(F)cc1Nc1ncc(C(F)(F)F)c(C[C@@H]2CCCC[C@H]2CC(=O)C(C)C)n1. The fraction of sp³-hybridized carbons (Fsp3) is 0.625. The Morgan fingerprint density at radius 2 is 1.75 bits per heavy atom. The summed E-state index contributed by atoms with van der Waals surface area (Å²) in [4.78, 5) is 35.6. The summed E-state index contributed by atoms with van der Waals surface area (Å²) in [5.41, 5.74) is -1.24. The molecule has 0 spiro atoms. The van der Waals surface area contributed by atoms with Gasteiger partial charge < -0.3 is 20.3 Å². The van der Waals surface area contributed by atoms with E-state index < -0.39 is 23.5 Å². The van der Waals surface area contributed by atoms with Gasteiger partial charge in [-0.3, -0.25) is 9.59 Å². The Morgan fingerprint density at radius 1 is 1.09 bits per heavy atom. The van der Waals surface area contributed by atoms with E-state index in [9.17, 15) is 22.8 Å². The van der Waals surface area contributed by atoms with Crippen molar-refractivity contribution in [1.29, 1.82) is 0 Å². The van der Waals surface area contributed by atoms with Gasteiger partial charge in [-0.25, -0.2) is 14.4 Å². The third-order valence-corrected chi connectivity index (χ3v) is 8.64. The Labute approximate surface area is 257 Å². The van der Waals surface area contributed by atoms with Crippen molar-refractivity contribution in [2.45, 2.75) is 84.9 Å². The maximum Gasteiger partial charge on any atom is 0.419 e. The van der Waals surface area contributed by atoms with Crippen LogP contribution in [0.2, 0.25) is 0 Å². The summed E-state index contributed by atoms with van der Waals surface area (Å²) in [5, 5.41) is 5.66. The van der Waals surface area contributed by atoms with Gasteiger partial charge in [0.25, 0.3) is 5.91 Å². The second-order valence-electron chi connectivity index (χ2n) is 12.1. The van der Waals surface area contributed by atoms with Crippen molar-refractivity contribution in [2.24, 2.45) is 17.8 Å². The number of piperidine rings is 1. The van der Waals surface area contributed by atoms with Crippen molar-refractivity contribution in [3.05, 3.63) is 41.0 Å². The van der Waals surface area contributed by atoms with Gasteiger partial charge in [0.1, 0.15) is 17.3 Å². The molecule has 0 unspecified atom stereocenters. The number of nitrogens with one attached hydrogen (secondary N) is 2. The highest BCUT2D eigenvalue weighted by Gasteiger charge is 2.37. The first-order valence-electron chi connectivity index (χ1n) is 15.0. The van der Waals surface area contributed by atoms with E-state index in [1.807, 2.05) is 20.9 Å². The van der Waals surface area contributed by atoms with E-state index in [1.165, 1.54) is 13.2 Å². The molecule has 1 saturated carbocycles. The van der Waals surface area contributed by atoms with Crippen molar-refractivity contribution >= 4 is 23.3 Å². The van der Waals surface area contributed by atoms with E-state index >= 15 is 4.39 Å². The molecule has 2 aromatic rings. The van der Waals surface area contributed by atoms with Crippen LogP contribution in [-0.4, -0.2) is 59.8 Å². The first-order chi connectivity index (χ1) is 20.3. The number of alkyl halides is 3. The summed E-state index contributed by atoms with van der Waals surface area (Å²) in [6.07, 6.45) is 1.27. The van der Waals surface area contributed by atoms with Crippen LogP contribution < -0.4 is 15.4 Å². The van der Waals surface area contributed by atoms with Gasteiger partial charge in [-0.15, -0.1) is 0 Å². The van der Waals surface area contributed by atoms with Gasteiger partial charge in [-0.1, -0.05) is 34.1 Å². The molecule has 1 saturated heterocycles. The van der Waals surface area contributed by atoms with Crippen molar-refractivity contribution in [3.8, 4) is 5.75 Å². The Kier molecular flexibility index (Phi) is 12.1. The number of rotatable bonds is 10. The van der Waals surface area contributed by atoms with Gasteiger partial charge in [-0.05, 0) is 70.1 Å². The normalized spacial score (nSPS) is 19.8. The van der Waals surface area contributed by atoms with E-state index in [-0.39, 0.29) is 72.1 Å². The van der Waals surface area contributed by atoms with E-state index in [4.69, 9.17) is 4.74 Å². The topological polar surface area (TPSA) is 96.5 Å². The summed E-state index contributed by atoms with van der Waals surface area (Å²) in [5.74, 6) is -1.60. The number of carbonyl (C=O) groups excluding carboxylic acids is 2. The molecular formula is C32H45F4N5O3. The Morgan fingerprint density at radius 3 is 2.36 bits per heavy atom. The number of hydrogen-bond acceptors (Lipinski definition) is 7. The number of hydrogen-bond donors (Lipinski definition) is 2. The lowest BCUT2D eigenvalue weighted by molar-refractivity contribution is -0.139. The number of nitrogens with zero attached hydrogens (tertiary/aromatic N) is 3. The zero-order valence-corrected chi connectivity index (χ0v) is 25.2. The lowest BCUT2D eigenvalue weighted by Crippen LogP contribution is -2.43. The average molecular weight is 624 g/mol. The minimum absolute atomic E-state index is 0. The molecule has 0 bridgehead atoms. The molecule has 1 amide bonds. The number of halogens is 4. The number of carbonyl (C=O) groups is 2. The summed E-state index contributed by atoms with van der Waals surface area (Å²) in [7, 11) is 3.35. The fourth-order valence-corrected chi connectivity index (χ4v) is 5.96. The minimum atomic E-state index is -4.67. The molecule has 4 rings (SSSR count). The number of ketones is 1. The van der Waals surface area contributed by atoms with Crippen LogP contribution in [0, 0.1) is 23.6 Å². The predicted molar refractivity (Wildman–Crippen MR) is 162 cm³/mol. The number of aromatic nitrogens is 2. The highest BCUT2D eigenvalue weighted by molar-refractivity contribution is 5.96. The molecule has 1 aliphatic carbocycles. The van der Waals surface area contributed by atoms with Crippen molar-refractivity contribution in [2.75, 3.05) is 32.6 Å².